The number of benzene rings is 1. The van der Waals surface area contributed by atoms with E-state index in [0.29, 0.717) is 22.2 Å². The van der Waals surface area contributed by atoms with Crippen LogP contribution in [0.5, 0.6) is 0 Å². The maximum atomic E-state index is 13.4. The molecule has 146 valence electrons. The van der Waals surface area contributed by atoms with Crippen LogP contribution in [0, 0.1) is 0 Å². The molecule has 0 saturated heterocycles. The van der Waals surface area contributed by atoms with Crippen molar-refractivity contribution < 1.29 is 13.2 Å². The first-order valence-electron chi connectivity index (χ1n) is 8.42. The minimum Gasteiger partial charge on any atom is -0.365 e. The van der Waals surface area contributed by atoms with Crippen LogP contribution in [0.4, 0.5) is 30.6 Å². The number of hydrogen-bond acceptors (Lipinski definition) is 5. The minimum atomic E-state index is -4.58. The summed E-state index contributed by atoms with van der Waals surface area (Å²) < 4.78 is 40.1. The van der Waals surface area contributed by atoms with Gasteiger partial charge in [0.25, 0.3) is 0 Å². The molecule has 4 N–H and O–H groups in total. The third-order valence-corrected chi connectivity index (χ3v) is 5.15. The number of nitrogens with one attached hydrogen (secondary N) is 2. The Morgan fingerprint density at radius 2 is 1.85 bits per heavy atom. The first-order chi connectivity index (χ1) is 12.7. The van der Waals surface area contributed by atoms with Crippen molar-refractivity contribution in [1.82, 2.24) is 9.97 Å². The zero-order valence-electron chi connectivity index (χ0n) is 14.2. The molecule has 1 fully saturated rings. The molecule has 10 heteroatoms. The van der Waals surface area contributed by atoms with Crippen molar-refractivity contribution in [2.24, 2.45) is 5.73 Å². The molecule has 1 aromatic heterocycles. The highest BCUT2D eigenvalue weighted by Crippen LogP contribution is 2.35. The van der Waals surface area contributed by atoms with Crippen molar-refractivity contribution in [2.45, 2.75) is 43.9 Å². The quantitative estimate of drug-likeness (QED) is 0.632. The zero-order valence-corrected chi connectivity index (χ0v) is 15.7. The Bertz CT molecular complexity index is 816. The van der Waals surface area contributed by atoms with E-state index in [1.165, 1.54) is 6.07 Å². The van der Waals surface area contributed by atoms with Crippen LogP contribution in [0.3, 0.4) is 0 Å². The average Bonchev–Trinajstić information content (AvgIpc) is 2.59. The van der Waals surface area contributed by atoms with Crippen LogP contribution in [-0.2, 0) is 6.18 Å². The SMILES string of the molecule is N[C@H]1CCCC[C@H]1Nc1nc(Nc2ccc(Cl)c(Cl)c2)ncc1C(F)(F)F. The smallest absolute Gasteiger partial charge is 0.365 e. The Kier molecular flexibility index (Phi) is 5.98. The third-order valence-electron chi connectivity index (χ3n) is 4.41. The van der Waals surface area contributed by atoms with Gasteiger partial charge in [-0.25, -0.2) is 4.98 Å². The molecule has 3 rings (SSSR count). The molecule has 2 aromatic rings. The minimum absolute atomic E-state index is 0.00766. The lowest BCUT2D eigenvalue weighted by atomic mass is 9.91. The molecule has 0 spiro atoms. The number of anilines is 3. The Morgan fingerprint density at radius 3 is 2.52 bits per heavy atom. The maximum Gasteiger partial charge on any atom is 0.421 e. The summed E-state index contributed by atoms with van der Waals surface area (Å²) in [7, 11) is 0. The van der Waals surface area contributed by atoms with Gasteiger partial charge >= 0.3 is 6.18 Å². The molecule has 0 aliphatic heterocycles. The van der Waals surface area contributed by atoms with E-state index < -0.39 is 11.7 Å². The molecule has 1 saturated carbocycles. The maximum absolute atomic E-state index is 13.4. The van der Waals surface area contributed by atoms with Gasteiger partial charge in [0.2, 0.25) is 5.95 Å². The van der Waals surface area contributed by atoms with Crippen molar-refractivity contribution in [2.75, 3.05) is 10.6 Å². The molecule has 0 unspecified atom stereocenters. The van der Waals surface area contributed by atoms with Crippen molar-refractivity contribution in [1.29, 1.82) is 0 Å². The molecule has 1 aliphatic rings. The zero-order chi connectivity index (χ0) is 19.6. The number of nitrogens with zero attached hydrogens (tertiary/aromatic N) is 2. The number of aromatic nitrogens is 2. The van der Waals surface area contributed by atoms with Crippen LogP contribution in [0.2, 0.25) is 10.0 Å². The lowest BCUT2D eigenvalue weighted by Crippen LogP contribution is -2.43. The molecule has 0 amide bonds. The van der Waals surface area contributed by atoms with Gasteiger partial charge in [-0.05, 0) is 31.0 Å². The van der Waals surface area contributed by atoms with Crippen molar-refractivity contribution in [3.8, 4) is 0 Å². The van der Waals surface area contributed by atoms with Gasteiger partial charge in [0, 0.05) is 24.0 Å². The predicted octanol–water partition coefficient (Wildman–Crippen LogP) is 5.23. The van der Waals surface area contributed by atoms with Gasteiger partial charge < -0.3 is 16.4 Å². The second-order valence-electron chi connectivity index (χ2n) is 6.41. The van der Waals surface area contributed by atoms with E-state index in [9.17, 15) is 13.2 Å². The van der Waals surface area contributed by atoms with Crippen LogP contribution in [0.25, 0.3) is 0 Å². The number of alkyl halides is 3. The Hall–Kier alpha value is -1.77. The predicted molar refractivity (Wildman–Crippen MR) is 101 cm³/mol. The summed E-state index contributed by atoms with van der Waals surface area (Å²) in [4.78, 5) is 7.81. The van der Waals surface area contributed by atoms with Gasteiger partial charge in [-0.15, -0.1) is 0 Å². The van der Waals surface area contributed by atoms with Gasteiger partial charge in [-0.3, -0.25) is 0 Å². The fourth-order valence-corrected chi connectivity index (χ4v) is 3.27. The molecular formula is C17H18Cl2F3N5. The van der Waals surface area contributed by atoms with Crippen LogP contribution in [-0.4, -0.2) is 22.1 Å². The summed E-state index contributed by atoms with van der Waals surface area (Å²) in [6.07, 6.45) is -0.491. The number of nitrogens with two attached hydrogens (primary N) is 1. The first kappa shape index (κ1) is 20.0. The van der Waals surface area contributed by atoms with E-state index in [-0.39, 0.29) is 23.8 Å². The second-order valence-corrected chi connectivity index (χ2v) is 7.22. The van der Waals surface area contributed by atoms with Gasteiger partial charge in [0.1, 0.15) is 11.4 Å². The highest BCUT2D eigenvalue weighted by Gasteiger charge is 2.36. The normalized spacial score (nSPS) is 20.4. The lowest BCUT2D eigenvalue weighted by Gasteiger charge is -2.30. The molecular weight excluding hydrogens is 402 g/mol. The Labute approximate surface area is 164 Å². The van der Waals surface area contributed by atoms with E-state index >= 15 is 0 Å². The second kappa shape index (κ2) is 8.08. The summed E-state index contributed by atoms with van der Waals surface area (Å²) in [5.41, 5.74) is 5.62. The third kappa shape index (κ3) is 4.94. The van der Waals surface area contributed by atoms with E-state index in [4.69, 9.17) is 28.9 Å². The number of rotatable bonds is 4. The fraction of sp³-hybridized carbons (Fsp3) is 0.412. The summed E-state index contributed by atoms with van der Waals surface area (Å²) in [5.74, 6) is -0.282. The topological polar surface area (TPSA) is 75.9 Å². The van der Waals surface area contributed by atoms with Crippen molar-refractivity contribution in [3.05, 3.63) is 40.0 Å². The van der Waals surface area contributed by atoms with E-state index in [1.54, 1.807) is 12.1 Å². The van der Waals surface area contributed by atoms with E-state index in [2.05, 4.69) is 20.6 Å². The number of hydrogen-bond donors (Lipinski definition) is 3. The molecule has 0 bridgehead atoms. The number of halogens is 5. The molecule has 1 aromatic carbocycles. The first-order valence-corrected chi connectivity index (χ1v) is 9.18. The summed E-state index contributed by atoms with van der Waals surface area (Å²) >= 11 is 11.8. The molecule has 1 heterocycles. The molecule has 2 atom stereocenters. The van der Waals surface area contributed by atoms with Crippen molar-refractivity contribution >= 4 is 40.7 Å². The van der Waals surface area contributed by atoms with Gasteiger partial charge in [-0.2, -0.15) is 18.2 Å². The van der Waals surface area contributed by atoms with E-state index in [0.717, 1.165) is 25.5 Å². The average molecular weight is 420 g/mol. The van der Waals surface area contributed by atoms with Crippen molar-refractivity contribution in [3.63, 3.8) is 0 Å². The van der Waals surface area contributed by atoms with Gasteiger partial charge in [0.05, 0.1) is 10.0 Å². The van der Waals surface area contributed by atoms with Crippen LogP contribution < -0.4 is 16.4 Å². The van der Waals surface area contributed by atoms with Gasteiger partial charge in [0.15, 0.2) is 0 Å². The largest absolute Gasteiger partial charge is 0.421 e. The molecule has 5 nitrogen and oxygen atoms in total. The standard InChI is InChI=1S/C17H18Cl2F3N5/c18-11-6-5-9(7-12(11)19)25-16-24-8-10(17(20,21)22)15(27-16)26-14-4-2-1-3-13(14)23/h5-8,13-14H,1-4,23H2,(H2,24,25,26,27)/t13-,14+/m0/s1. The van der Waals surface area contributed by atoms with Crippen LogP contribution >= 0.6 is 23.2 Å². The summed E-state index contributed by atoms with van der Waals surface area (Å²) in [5, 5.41) is 6.38. The monoisotopic (exact) mass is 419 g/mol. The molecule has 0 radical (unpaired) electrons. The van der Waals surface area contributed by atoms with Gasteiger partial charge in [-0.1, -0.05) is 36.0 Å². The summed E-state index contributed by atoms with van der Waals surface area (Å²) in [6, 6.07) is 4.24. The molecule has 27 heavy (non-hydrogen) atoms. The fourth-order valence-electron chi connectivity index (χ4n) is 2.98. The van der Waals surface area contributed by atoms with Crippen LogP contribution in [0.15, 0.2) is 24.4 Å². The Morgan fingerprint density at radius 1 is 1.11 bits per heavy atom. The summed E-state index contributed by atoms with van der Waals surface area (Å²) in [6.45, 7) is 0. The van der Waals surface area contributed by atoms with Crippen LogP contribution in [0.1, 0.15) is 31.2 Å². The lowest BCUT2D eigenvalue weighted by molar-refractivity contribution is -0.137. The Balaban J connectivity index is 1.88. The highest BCUT2D eigenvalue weighted by atomic mass is 35.5. The highest BCUT2D eigenvalue weighted by molar-refractivity contribution is 6.42. The molecule has 1 aliphatic carbocycles. The van der Waals surface area contributed by atoms with E-state index in [1.807, 2.05) is 0 Å².